The third-order valence-electron chi connectivity index (χ3n) is 4.98. The fourth-order valence-electron chi connectivity index (χ4n) is 3.45. The van der Waals surface area contributed by atoms with E-state index in [1.54, 1.807) is 6.07 Å². The second kappa shape index (κ2) is 8.08. The zero-order valence-electron chi connectivity index (χ0n) is 15.4. The summed E-state index contributed by atoms with van der Waals surface area (Å²) in [4.78, 5) is 4.98. The van der Waals surface area contributed by atoms with Crippen molar-refractivity contribution in [2.75, 3.05) is 0 Å². The molecular weight excluding hydrogens is 436 g/mol. The normalized spacial score (nSPS) is 19.3. The van der Waals surface area contributed by atoms with Gasteiger partial charge in [-0.05, 0) is 48.4 Å². The van der Waals surface area contributed by atoms with E-state index in [-0.39, 0.29) is 18.0 Å². The van der Waals surface area contributed by atoms with Crippen molar-refractivity contribution in [1.29, 1.82) is 0 Å². The van der Waals surface area contributed by atoms with Crippen LogP contribution in [0.25, 0.3) is 0 Å². The standard InChI is InChI=1S/C23H20BrClN2O/c1-14-2-4-15(5-3-14)20-13-21(19-12-17(24)8-11-22(19)28)27-23(26-20)16-6-9-18(25)10-7-16/h2-12,21,23,27-28H,13H2,1H3/t21-,23-/m0/s1. The van der Waals surface area contributed by atoms with Gasteiger partial charge >= 0.3 is 0 Å². The Kier molecular flexibility index (Phi) is 5.54. The number of hydrogen-bond acceptors (Lipinski definition) is 3. The van der Waals surface area contributed by atoms with Crippen LogP contribution in [0, 0.1) is 6.92 Å². The van der Waals surface area contributed by atoms with E-state index in [0.29, 0.717) is 11.4 Å². The summed E-state index contributed by atoms with van der Waals surface area (Å²) in [5, 5.41) is 14.7. The van der Waals surface area contributed by atoms with Crippen molar-refractivity contribution in [3.05, 3.63) is 98.5 Å². The molecule has 2 N–H and O–H groups in total. The summed E-state index contributed by atoms with van der Waals surface area (Å²) in [6.07, 6.45) is 0.475. The van der Waals surface area contributed by atoms with E-state index >= 15 is 0 Å². The van der Waals surface area contributed by atoms with E-state index in [0.717, 1.165) is 26.9 Å². The van der Waals surface area contributed by atoms with Crippen LogP contribution in [0.5, 0.6) is 5.75 Å². The molecule has 1 heterocycles. The van der Waals surface area contributed by atoms with Gasteiger partial charge in [0.05, 0.1) is 0 Å². The van der Waals surface area contributed by atoms with E-state index in [2.05, 4.69) is 52.4 Å². The van der Waals surface area contributed by atoms with Crippen LogP contribution < -0.4 is 5.32 Å². The highest BCUT2D eigenvalue weighted by Crippen LogP contribution is 2.36. The molecule has 2 atom stereocenters. The van der Waals surface area contributed by atoms with Crippen molar-refractivity contribution in [3.8, 4) is 5.75 Å². The molecule has 28 heavy (non-hydrogen) atoms. The summed E-state index contributed by atoms with van der Waals surface area (Å²) < 4.78 is 0.935. The van der Waals surface area contributed by atoms with Gasteiger partial charge < -0.3 is 5.11 Å². The molecule has 3 nitrogen and oxygen atoms in total. The zero-order valence-corrected chi connectivity index (χ0v) is 17.7. The van der Waals surface area contributed by atoms with Gasteiger partial charge in [-0.15, -0.1) is 0 Å². The first kappa shape index (κ1) is 19.2. The molecule has 1 aliphatic heterocycles. The Morgan fingerprint density at radius 3 is 2.46 bits per heavy atom. The molecule has 0 saturated carbocycles. The number of nitrogens with one attached hydrogen (secondary N) is 1. The molecule has 3 aromatic rings. The van der Waals surface area contributed by atoms with Crippen LogP contribution in [-0.4, -0.2) is 10.8 Å². The zero-order chi connectivity index (χ0) is 19.7. The Labute approximate surface area is 178 Å². The molecule has 4 rings (SSSR count). The Hall–Kier alpha value is -2.14. The Bertz CT molecular complexity index is 1020. The molecule has 0 spiro atoms. The lowest BCUT2D eigenvalue weighted by molar-refractivity contribution is 0.412. The summed E-state index contributed by atoms with van der Waals surface area (Å²) in [5.74, 6) is 0.278. The van der Waals surface area contributed by atoms with Crippen molar-refractivity contribution >= 4 is 33.2 Å². The van der Waals surface area contributed by atoms with Crippen LogP contribution >= 0.6 is 27.5 Å². The van der Waals surface area contributed by atoms with Crippen LogP contribution in [0.1, 0.15) is 40.9 Å². The molecular formula is C23H20BrClN2O. The number of halogens is 2. The number of nitrogens with zero attached hydrogens (tertiary/aromatic N) is 1. The van der Waals surface area contributed by atoms with E-state index < -0.39 is 0 Å². The van der Waals surface area contributed by atoms with Crippen molar-refractivity contribution in [3.63, 3.8) is 0 Å². The maximum absolute atomic E-state index is 10.5. The van der Waals surface area contributed by atoms with Gasteiger partial charge in [-0.25, -0.2) is 0 Å². The lowest BCUT2D eigenvalue weighted by Crippen LogP contribution is -2.33. The summed E-state index contributed by atoms with van der Waals surface area (Å²) in [5.41, 5.74) is 5.23. The first-order chi connectivity index (χ1) is 13.5. The molecule has 142 valence electrons. The molecule has 0 amide bonds. The van der Waals surface area contributed by atoms with E-state index in [1.165, 1.54) is 5.56 Å². The highest BCUT2D eigenvalue weighted by molar-refractivity contribution is 9.10. The van der Waals surface area contributed by atoms with Crippen LogP contribution in [0.15, 0.2) is 76.2 Å². The molecule has 1 aliphatic rings. The van der Waals surface area contributed by atoms with Crippen LogP contribution in [0.3, 0.4) is 0 Å². The number of benzene rings is 3. The second-order valence-electron chi connectivity index (χ2n) is 7.02. The van der Waals surface area contributed by atoms with Crippen molar-refractivity contribution in [2.24, 2.45) is 4.99 Å². The lowest BCUT2D eigenvalue weighted by atomic mass is 9.93. The third-order valence-corrected chi connectivity index (χ3v) is 5.72. The quantitative estimate of drug-likeness (QED) is 0.484. The SMILES string of the molecule is Cc1ccc(C2=N[C@H](c3ccc(Cl)cc3)N[C@H](c3cc(Br)ccc3O)C2)cc1. The minimum absolute atomic E-state index is 0.0630. The van der Waals surface area contributed by atoms with Gasteiger partial charge in [0.25, 0.3) is 0 Å². The number of phenols is 1. The Balaban J connectivity index is 1.76. The van der Waals surface area contributed by atoms with Crippen molar-refractivity contribution in [1.82, 2.24) is 5.32 Å². The van der Waals surface area contributed by atoms with Gasteiger partial charge in [-0.3, -0.25) is 10.3 Å². The number of aryl methyl sites for hydroxylation is 1. The van der Waals surface area contributed by atoms with Crippen LogP contribution in [-0.2, 0) is 0 Å². The van der Waals surface area contributed by atoms with Gasteiger partial charge in [0.1, 0.15) is 11.9 Å². The number of hydrogen-bond donors (Lipinski definition) is 2. The van der Waals surface area contributed by atoms with E-state index in [4.69, 9.17) is 16.6 Å². The minimum atomic E-state index is -0.217. The largest absolute Gasteiger partial charge is 0.508 e. The van der Waals surface area contributed by atoms with Crippen LogP contribution in [0.4, 0.5) is 0 Å². The Morgan fingerprint density at radius 2 is 1.75 bits per heavy atom. The van der Waals surface area contributed by atoms with Gasteiger partial charge in [0, 0.05) is 33.2 Å². The molecule has 0 aromatic heterocycles. The summed E-state index contributed by atoms with van der Waals surface area (Å²) in [6, 6.07) is 21.6. The average Bonchev–Trinajstić information content (AvgIpc) is 2.70. The minimum Gasteiger partial charge on any atom is -0.508 e. The Morgan fingerprint density at radius 1 is 1.04 bits per heavy atom. The highest BCUT2D eigenvalue weighted by atomic mass is 79.9. The monoisotopic (exact) mass is 454 g/mol. The maximum atomic E-state index is 10.5. The summed E-state index contributed by atoms with van der Waals surface area (Å²) >= 11 is 9.57. The molecule has 0 saturated heterocycles. The molecule has 0 bridgehead atoms. The van der Waals surface area contributed by atoms with E-state index in [9.17, 15) is 5.11 Å². The number of phenolic OH excluding ortho intramolecular Hbond substituents is 1. The molecule has 0 aliphatic carbocycles. The smallest absolute Gasteiger partial charge is 0.126 e. The van der Waals surface area contributed by atoms with Crippen molar-refractivity contribution in [2.45, 2.75) is 25.6 Å². The topological polar surface area (TPSA) is 44.6 Å². The number of aliphatic imine (C=N–C) groups is 1. The summed E-state index contributed by atoms with van der Waals surface area (Å²) in [6.45, 7) is 2.08. The number of aromatic hydroxyl groups is 1. The molecule has 0 unspecified atom stereocenters. The second-order valence-corrected chi connectivity index (χ2v) is 8.37. The first-order valence-electron chi connectivity index (χ1n) is 9.13. The highest BCUT2D eigenvalue weighted by Gasteiger charge is 2.27. The fourth-order valence-corrected chi connectivity index (χ4v) is 3.95. The molecule has 0 radical (unpaired) electrons. The lowest BCUT2D eigenvalue weighted by Gasteiger charge is -2.31. The maximum Gasteiger partial charge on any atom is 0.126 e. The van der Waals surface area contributed by atoms with Crippen LogP contribution in [0.2, 0.25) is 5.02 Å². The average molecular weight is 456 g/mol. The number of rotatable bonds is 3. The fraction of sp³-hybridized carbons (Fsp3) is 0.174. The van der Waals surface area contributed by atoms with E-state index in [1.807, 2.05) is 36.4 Å². The third kappa shape index (κ3) is 4.14. The molecule has 3 aromatic carbocycles. The molecule has 0 fully saturated rings. The predicted octanol–water partition coefficient (Wildman–Crippen LogP) is 6.34. The summed E-state index contributed by atoms with van der Waals surface area (Å²) in [7, 11) is 0. The van der Waals surface area contributed by atoms with Crippen molar-refractivity contribution < 1.29 is 5.11 Å². The van der Waals surface area contributed by atoms with Gasteiger partial charge in [-0.1, -0.05) is 69.5 Å². The van der Waals surface area contributed by atoms with Gasteiger partial charge in [0.2, 0.25) is 0 Å². The van der Waals surface area contributed by atoms with Gasteiger partial charge in [-0.2, -0.15) is 0 Å². The van der Waals surface area contributed by atoms with Gasteiger partial charge in [0.15, 0.2) is 0 Å². The first-order valence-corrected chi connectivity index (χ1v) is 10.3. The predicted molar refractivity (Wildman–Crippen MR) is 118 cm³/mol. The molecule has 5 heteroatoms.